The van der Waals surface area contributed by atoms with E-state index >= 15 is 0 Å². The summed E-state index contributed by atoms with van der Waals surface area (Å²) in [7, 11) is 0. The average molecular weight is 510 g/mol. The zero-order valence-corrected chi connectivity index (χ0v) is 20.5. The van der Waals surface area contributed by atoms with E-state index in [9.17, 15) is 19.5 Å². The number of carboxylic acids is 1. The highest BCUT2D eigenvalue weighted by molar-refractivity contribution is 8.00. The number of rotatable bonds is 6. The Kier molecular flexibility index (Phi) is 6.48. The SMILES string of the molecule is CCC1SCC(C(=O)O)N1C(=O)c1cnc(NC(=O)OCC2c3ccccc3-c3ccccc32)s1. The number of carbonyl (C=O) groups excluding carboxylic acids is 2. The van der Waals surface area contributed by atoms with Crippen LogP contribution in [0.15, 0.2) is 54.7 Å². The van der Waals surface area contributed by atoms with Gasteiger partial charge in [-0.2, -0.15) is 0 Å². The van der Waals surface area contributed by atoms with E-state index in [1.165, 1.54) is 22.9 Å². The second kappa shape index (κ2) is 9.71. The van der Waals surface area contributed by atoms with Crippen molar-refractivity contribution in [2.75, 3.05) is 17.7 Å². The van der Waals surface area contributed by atoms with Crippen molar-refractivity contribution >= 4 is 46.2 Å². The lowest BCUT2D eigenvalue weighted by atomic mass is 9.98. The fourth-order valence-electron chi connectivity index (χ4n) is 4.62. The minimum Gasteiger partial charge on any atom is -0.480 e. The van der Waals surface area contributed by atoms with Gasteiger partial charge in [-0.15, -0.1) is 11.8 Å². The van der Waals surface area contributed by atoms with E-state index in [-0.39, 0.29) is 27.9 Å². The molecule has 2 unspecified atom stereocenters. The van der Waals surface area contributed by atoms with Gasteiger partial charge in [-0.1, -0.05) is 66.8 Å². The third kappa shape index (κ3) is 4.39. The van der Waals surface area contributed by atoms with Gasteiger partial charge in [0.15, 0.2) is 5.13 Å². The smallest absolute Gasteiger partial charge is 0.413 e. The maximum absolute atomic E-state index is 13.0. The molecule has 8 nitrogen and oxygen atoms in total. The lowest BCUT2D eigenvalue weighted by Gasteiger charge is -2.25. The van der Waals surface area contributed by atoms with Crippen LogP contribution in [0.5, 0.6) is 0 Å². The summed E-state index contributed by atoms with van der Waals surface area (Å²) in [5, 5.41) is 12.1. The van der Waals surface area contributed by atoms with Crippen LogP contribution < -0.4 is 5.32 Å². The summed E-state index contributed by atoms with van der Waals surface area (Å²) >= 11 is 2.46. The van der Waals surface area contributed by atoms with Crippen molar-refractivity contribution in [3.63, 3.8) is 0 Å². The average Bonchev–Trinajstić information content (AvgIpc) is 3.58. The van der Waals surface area contributed by atoms with Crippen molar-refractivity contribution in [3.05, 3.63) is 70.7 Å². The van der Waals surface area contributed by atoms with E-state index < -0.39 is 24.0 Å². The zero-order chi connectivity index (χ0) is 24.5. The molecule has 1 aromatic heterocycles. The molecule has 1 fully saturated rings. The molecule has 0 radical (unpaired) electrons. The second-order valence-electron chi connectivity index (χ2n) is 8.24. The summed E-state index contributed by atoms with van der Waals surface area (Å²) in [6.07, 6.45) is 1.34. The number of thiazole rings is 1. The number of anilines is 1. The second-order valence-corrected chi connectivity index (χ2v) is 10.5. The Bertz CT molecular complexity index is 1250. The van der Waals surface area contributed by atoms with Gasteiger partial charge >= 0.3 is 12.1 Å². The topological polar surface area (TPSA) is 109 Å². The molecule has 2 heterocycles. The molecule has 1 aliphatic heterocycles. The maximum atomic E-state index is 13.0. The van der Waals surface area contributed by atoms with Gasteiger partial charge in [0, 0.05) is 11.7 Å². The minimum absolute atomic E-state index is 0.0619. The molecule has 180 valence electrons. The van der Waals surface area contributed by atoms with Crippen LogP contribution in [0.25, 0.3) is 11.1 Å². The van der Waals surface area contributed by atoms with Crippen molar-refractivity contribution in [2.45, 2.75) is 30.7 Å². The molecule has 2 aliphatic rings. The Morgan fingerprint density at radius 1 is 1.11 bits per heavy atom. The van der Waals surface area contributed by atoms with E-state index in [1.807, 2.05) is 43.3 Å². The van der Waals surface area contributed by atoms with Gasteiger partial charge in [-0.25, -0.2) is 14.6 Å². The number of nitrogens with zero attached hydrogens (tertiary/aromatic N) is 2. The lowest BCUT2D eigenvalue weighted by molar-refractivity contribution is -0.141. The number of aliphatic carboxylic acids is 1. The molecule has 0 saturated carbocycles. The van der Waals surface area contributed by atoms with E-state index in [0.29, 0.717) is 12.2 Å². The summed E-state index contributed by atoms with van der Waals surface area (Å²) < 4.78 is 5.54. The van der Waals surface area contributed by atoms with Crippen LogP contribution >= 0.6 is 23.1 Å². The first-order valence-electron chi connectivity index (χ1n) is 11.2. The number of carbonyl (C=O) groups is 3. The van der Waals surface area contributed by atoms with Crippen LogP contribution in [0.4, 0.5) is 9.93 Å². The van der Waals surface area contributed by atoms with Gasteiger partial charge in [0.1, 0.15) is 17.5 Å². The first kappa shape index (κ1) is 23.4. The normalized spacial score (nSPS) is 18.7. The third-order valence-electron chi connectivity index (χ3n) is 6.23. The fraction of sp³-hybridized carbons (Fsp3) is 0.280. The molecule has 35 heavy (non-hydrogen) atoms. The first-order valence-corrected chi connectivity index (χ1v) is 13.1. The first-order chi connectivity index (χ1) is 17.0. The van der Waals surface area contributed by atoms with Gasteiger partial charge in [0.2, 0.25) is 0 Å². The maximum Gasteiger partial charge on any atom is 0.413 e. The summed E-state index contributed by atoms with van der Waals surface area (Å²) in [6.45, 7) is 2.08. The summed E-state index contributed by atoms with van der Waals surface area (Å²) in [4.78, 5) is 43.0. The highest BCUT2D eigenvalue weighted by Crippen LogP contribution is 2.44. The molecule has 0 spiro atoms. The molecule has 10 heteroatoms. The van der Waals surface area contributed by atoms with E-state index in [4.69, 9.17) is 4.74 Å². The number of hydrogen-bond donors (Lipinski definition) is 2. The lowest BCUT2D eigenvalue weighted by Crippen LogP contribution is -2.45. The Balaban J connectivity index is 1.24. The molecule has 5 rings (SSSR count). The van der Waals surface area contributed by atoms with E-state index in [1.54, 1.807) is 0 Å². The summed E-state index contributed by atoms with van der Waals surface area (Å²) in [5.41, 5.74) is 4.52. The van der Waals surface area contributed by atoms with Crippen LogP contribution in [0.2, 0.25) is 0 Å². The predicted octanol–water partition coefficient (Wildman–Crippen LogP) is 4.88. The molecule has 2 N–H and O–H groups in total. The van der Waals surface area contributed by atoms with Crippen molar-refractivity contribution in [1.29, 1.82) is 0 Å². The van der Waals surface area contributed by atoms with Crippen molar-refractivity contribution in [2.24, 2.45) is 0 Å². The van der Waals surface area contributed by atoms with Gasteiger partial charge < -0.3 is 14.7 Å². The Morgan fingerprint density at radius 3 is 2.40 bits per heavy atom. The molecular weight excluding hydrogens is 486 g/mol. The van der Waals surface area contributed by atoms with Crippen molar-refractivity contribution in [1.82, 2.24) is 9.88 Å². The Hall–Kier alpha value is -3.37. The van der Waals surface area contributed by atoms with Crippen LogP contribution in [-0.2, 0) is 9.53 Å². The molecule has 2 aromatic carbocycles. The highest BCUT2D eigenvalue weighted by Gasteiger charge is 2.41. The number of ether oxygens (including phenoxy) is 1. The Labute approximate surface area is 210 Å². The third-order valence-corrected chi connectivity index (χ3v) is 8.58. The number of benzene rings is 2. The summed E-state index contributed by atoms with van der Waals surface area (Å²) in [6, 6.07) is 15.3. The Morgan fingerprint density at radius 2 is 1.77 bits per heavy atom. The van der Waals surface area contributed by atoms with Crippen LogP contribution in [0.1, 0.15) is 40.1 Å². The summed E-state index contributed by atoms with van der Waals surface area (Å²) in [5.74, 6) is -1.13. The van der Waals surface area contributed by atoms with E-state index in [2.05, 4.69) is 22.4 Å². The zero-order valence-electron chi connectivity index (χ0n) is 18.8. The quantitative estimate of drug-likeness (QED) is 0.487. The van der Waals surface area contributed by atoms with Gasteiger partial charge in [0.05, 0.1) is 11.6 Å². The standard InChI is InChI=1S/C25H23N3O5S2/c1-2-21-28(19(13-34-21)23(30)31)22(29)20-11-26-24(35-20)27-25(32)33-12-18-16-9-5-3-7-14(16)15-8-4-6-10-17(15)18/h3-11,18-19,21H,2,12-13H2,1H3,(H,30,31)(H,26,27,32). The van der Waals surface area contributed by atoms with Crippen LogP contribution in [0, 0.1) is 0 Å². The number of thioether (sulfide) groups is 1. The van der Waals surface area contributed by atoms with Crippen molar-refractivity contribution < 1.29 is 24.2 Å². The molecule has 0 bridgehead atoms. The number of hydrogen-bond acceptors (Lipinski definition) is 7. The monoisotopic (exact) mass is 509 g/mol. The molecule has 2 amide bonds. The number of aromatic nitrogens is 1. The fourth-order valence-corrected chi connectivity index (χ4v) is 6.71. The van der Waals surface area contributed by atoms with Gasteiger partial charge in [-0.05, 0) is 28.7 Å². The van der Waals surface area contributed by atoms with Gasteiger partial charge in [0.25, 0.3) is 5.91 Å². The predicted molar refractivity (Wildman–Crippen MR) is 135 cm³/mol. The van der Waals surface area contributed by atoms with Crippen LogP contribution in [-0.4, -0.2) is 56.7 Å². The largest absolute Gasteiger partial charge is 0.480 e. The van der Waals surface area contributed by atoms with Gasteiger partial charge in [-0.3, -0.25) is 10.1 Å². The number of carboxylic acid groups (broad SMARTS) is 1. The number of fused-ring (bicyclic) bond motifs is 3. The minimum atomic E-state index is -1.02. The van der Waals surface area contributed by atoms with Crippen molar-refractivity contribution in [3.8, 4) is 11.1 Å². The van der Waals surface area contributed by atoms with E-state index in [0.717, 1.165) is 33.6 Å². The number of amides is 2. The molecule has 3 aromatic rings. The number of nitrogens with one attached hydrogen (secondary N) is 1. The molecule has 1 aliphatic carbocycles. The van der Waals surface area contributed by atoms with Crippen LogP contribution in [0.3, 0.4) is 0 Å². The molecule has 2 atom stereocenters. The molecule has 1 saturated heterocycles. The molecular formula is C25H23N3O5S2. The highest BCUT2D eigenvalue weighted by atomic mass is 32.2.